The largest absolute Gasteiger partial charge is 0.496 e. The second kappa shape index (κ2) is 12.7. The summed E-state index contributed by atoms with van der Waals surface area (Å²) in [6.45, 7) is 5.15. The van der Waals surface area contributed by atoms with Gasteiger partial charge in [-0.1, -0.05) is 25.1 Å². The molecule has 31 heavy (non-hydrogen) atoms. The van der Waals surface area contributed by atoms with E-state index in [1.807, 2.05) is 18.2 Å². The van der Waals surface area contributed by atoms with Gasteiger partial charge in [0, 0.05) is 13.1 Å². The van der Waals surface area contributed by atoms with Gasteiger partial charge in [0.05, 0.1) is 40.6 Å². The molecule has 0 saturated carbocycles. The van der Waals surface area contributed by atoms with E-state index in [9.17, 15) is 4.79 Å². The Labute approximate surface area is 184 Å². The van der Waals surface area contributed by atoms with E-state index in [0.717, 1.165) is 38.2 Å². The fourth-order valence-corrected chi connectivity index (χ4v) is 3.35. The quantitative estimate of drug-likeness (QED) is 0.353. The van der Waals surface area contributed by atoms with Crippen molar-refractivity contribution in [3.05, 3.63) is 47.5 Å². The molecule has 0 aromatic heterocycles. The molecule has 0 bridgehead atoms. The summed E-state index contributed by atoms with van der Waals surface area (Å²) in [5, 5.41) is 0. The van der Waals surface area contributed by atoms with Crippen LogP contribution in [0.3, 0.4) is 0 Å². The number of esters is 1. The van der Waals surface area contributed by atoms with Crippen LogP contribution in [0.5, 0.6) is 23.0 Å². The third-order valence-electron chi connectivity index (χ3n) is 5.09. The molecule has 170 valence electrons. The summed E-state index contributed by atoms with van der Waals surface area (Å²) in [5.41, 5.74) is 1.55. The lowest BCUT2D eigenvalue weighted by molar-refractivity contribution is 0.0488. The number of hydrogen-bond acceptors (Lipinski definition) is 7. The van der Waals surface area contributed by atoms with Gasteiger partial charge < -0.3 is 28.6 Å². The van der Waals surface area contributed by atoms with Crippen molar-refractivity contribution in [2.24, 2.45) is 0 Å². The van der Waals surface area contributed by atoms with E-state index >= 15 is 0 Å². The van der Waals surface area contributed by atoms with E-state index in [1.165, 1.54) is 26.9 Å². The predicted octanol–water partition coefficient (Wildman–Crippen LogP) is 3.83. The van der Waals surface area contributed by atoms with Gasteiger partial charge in [0.25, 0.3) is 0 Å². The van der Waals surface area contributed by atoms with Crippen molar-refractivity contribution >= 4 is 5.97 Å². The number of rotatable bonds is 13. The topological polar surface area (TPSA) is 66.5 Å². The average molecular weight is 432 g/mol. The molecule has 0 radical (unpaired) electrons. The van der Waals surface area contributed by atoms with E-state index in [2.05, 4.69) is 17.9 Å². The number of ether oxygens (including phenoxy) is 5. The van der Waals surface area contributed by atoms with Crippen LogP contribution in [0.1, 0.15) is 29.3 Å². The van der Waals surface area contributed by atoms with Crippen molar-refractivity contribution in [3.8, 4) is 23.0 Å². The van der Waals surface area contributed by atoms with Crippen molar-refractivity contribution in [2.75, 3.05) is 54.7 Å². The number of carbonyl (C=O) groups is 1. The molecule has 0 atom stereocenters. The van der Waals surface area contributed by atoms with Crippen LogP contribution in [0.2, 0.25) is 0 Å². The van der Waals surface area contributed by atoms with E-state index in [0.29, 0.717) is 29.4 Å². The summed E-state index contributed by atoms with van der Waals surface area (Å²) in [6.07, 6.45) is 1.65. The lowest BCUT2D eigenvalue weighted by atomic mass is 10.1. The lowest BCUT2D eigenvalue weighted by Gasteiger charge is -2.21. The van der Waals surface area contributed by atoms with Crippen LogP contribution in [0.4, 0.5) is 0 Å². The summed E-state index contributed by atoms with van der Waals surface area (Å²) in [7, 11) is 6.23. The summed E-state index contributed by atoms with van der Waals surface area (Å²) >= 11 is 0. The Morgan fingerprint density at radius 1 is 0.871 bits per heavy atom. The highest BCUT2D eigenvalue weighted by molar-refractivity contribution is 5.91. The van der Waals surface area contributed by atoms with Gasteiger partial charge in [0.2, 0.25) is 5.75 Å². The molecule has 2 aromatic carbocycles. The maximum Gasteiger partial charge on any atom is 0.338 e. The fraction of sp³-hybridized carbons (Fsp3) is 0.458. The number of methoxy groups -OCH3 is 4. The minimum atomic E-state index is -0.420. The molecule has 0 spiro atoms. The zero-order valence-electron chi connectivity index (χ0n) is 19.1. The van der Waals surface area contributed by atoms with Crippen LogP contribution in [0.15, 0.2) is 36.4 Å². The molecular formula is C24H33NO6. The molecule has 0 heterocycles. The number of para-hydroxylation sites is 1. The summed E-state index contributed by atoms with van der Waals surface area (Å²) in [5.74, 6) is 1.77. The molecule has 7 nitrogen and oxygen atoms in total. The molecule has 0 saturated heterocycles. The minimum absolute atomic E-state index is 0.334. The van der Waals surface area contributed by atoms with E-state index < -0.39 is 5.97 Å². The molecular weight excluding hydrogens is 398 g/mol. The highest BCUT2D eigenvalue weighted by atomic mass is 16.5. The Hall–Kier alpha value is -2.93. The molecule has 7 heteroatoms. The first-order chi connectivity index (χ1) is 15.1. The van der Waals surface area contributed by atoms with Crippen LogP contribution in [-0.4, -0.2) is 65.5 Å². The second-order valence-electron chi connectivity index (χ2n) is 6.90. The van der Waals surface area contributed by atoms with Crippen LogP contribution in [0, 0.1) is 0 Å². The molecule has 2 rings (SSSR count). The standard InChI is InChI=1S/C24H33NO6/c1-6-25(14-12-18-10-7-8-11-20(18)27-2)13-9-15-31-24(26)19-16-21(28-3)23(30-5)22(17-19)29-4/h7-8,10-11,16-17H,6,9,12-15H2,1-5H3. The third-order valence-corrected chi connectivity index (χ3v) is 5.09. The van der Waals surface area contributed by atoms with Gasteiger partial charge >= 0.3 is 5.97 Å². The minimum Gasteiger partial charge on any atom is -0.496 e. The SMILES string of the molecule is CCN(CCCOC(=O)c1cc(OC)c(OC)c(OC)c1)CCc1ccccc1OC. The molecule has 0 aliphatic carbocycles. The number of carbonyl (C=O) groups excluding carboxylic acids is 1. The highest BCUT2D eigenvalue weighted by Gasteiger charge is 2.18. The number of nitrogens with zero attached hydrogens (tertiary/aromatic N) is 1. The Morgan fingerprint density at radius 2 is 1.52 bits per heavy atom. The Balaban J connectivity index is 1.85. The molecule has 0 amide bonds. The van der Waals surface area contributed by atoms with E-state index in [1.54, 1.807) is 19.2 Å². The van der Waals surface area contributed by atoms with Gasteiger partial charge in [0.15, 0.2) is 11.5 Å². The normalized spacial score (nSPS) is 10.6. The summed E-state index contributed by atoms with van der Waals surface area (Å²) in [4.78, 5) is 14.8. The summed E-state index contributed by atoms with van der Waals surface area (Å²) in [6, 6.07) is 11.3. The van der Waals surface area contributed by atoms with Gasteiger partial charge in [0.1, 0.15) is 5.75 Å². The van der Waals surface area contributed by atoms with Gasteiger partial charge in [-0.25, -0.2) is 4.79 Å². The van der Waals surface area contributed by atoms with Gasteiger partial charge in [-0.15, -0.1) is 0 Å². The number of hydrogen-bond donors (Lipinski definition) is 0. The molecule has 0 aliphatic heterocycles. The summed E-state index contributed by atoms with van der Waals surface area (Å²) < 4.78 is 26.8. The lowest BCUT2D eigenvalue weighted by Crippen LogP contribution is -2.28. The number of likely N-dealkylation sites (N-methyl/N-ethyl adjacent to an activating group) is 1. The number of benzene rings is 2. The molecule has 2 aromatic rings. The highest BCUT2D eigenvalue weighted by Crippen LogP contribution is 2.38. The van der Waals surface area contributed by atoms with Gasteiger partial charge in [-0.3, -0.25) is 0 Å². The first-order valence-corrected chi connectivity index (χ1v) is 10.4. The average Bonchev–Trinajstić information content (AvgIpc) is 2.82. The molecule has 0 unspecified atom stereocenters. The van der Waals surface area contributed by atoms with Gasteiger partial charge in [-0.05, 0) is 43.1 Å². The predicted molar refractivity (Wildman–Crippen MR) is 120 cm³/mol. The van der Waals surface area contributed by atoms with Crippen LogP contribution in [0.25, 0.3) is 0 Å². The first kappa shape index (κ1) is 24.3. The van der Waals surface area contributed by atoms with Gasteiger partial charge in [-0.2, -0.15) is 0 Å². The Morgan fingerprint density at radius 3 is 2.10 bits per heavy atom. The zero-order valence-corrected chi connectivity index (χ0v) is 19.1. The van der Waals surface area contributed by atoms with Crippen LogP contribution < -0.4 is 18.9 Å². The monoisotopic (exact) mass is 431 g/mol. The molecule has 0 fully saturated rings. The van der Waals surface area contributed by atoms with E-state index in [4.69, 9.17) is 23.7 Å². The smallest absolute Gasteiger partial charge is 0.338 e. The third kappa shape index (κ3) is 6.79. The van der Waals surface area contributed by atoms with Crippen LogP contribution >= 0.6 is 0 Å². The van der Waals surface area contributed by atoms with Crippen molar-refractivity contribution < 1.29 is 28.5 Å². The zero-order chi connectivity index (χ0) is 22.6. The Kier molecular flexibility index (Phi) is 9.97. The maximum absolute atomic E-state index is 12.5. The van der Waals surface area contributed by atoms with Crippen LogP contribution in [-0.2, 0) is 11.2 Å². The molecule has 0 aliphatic rings. The Bertz CT molecular complexity index is 814. The van der Waals surface area contributed by atoms with Crippen molar-refractivity contribution in [3.63, 3.8) is 0 Å². The van der Waals surface area contributed by atoms with Crippen molar-refractivity contribution in [2.45, 2.75) is 19.8 Å². The van der Waals surface area contributed by atoms with E-state index in [-0.39, 0.29) is 0 Å². The van der Waals surface area contributed by atoms with Crippen molar-refractivity contribution in [1.29, 1.82) is 0 Å². The van der Waals surface area contributed by atoms with Crippen molar-refractivity contribution in [1.82, 2.24) is 4.90 Å². The first-order valence-electron chi connectivity index (χ1n) is 10.4. The maximum atomic E-state index is 12.5. The molecule has 0 N–H and O–H groups in total. The second-order valence-corrected chi connectivity index (χ2v) is 6.90. The fourth-order valence-electron chi connectivity index (χ4n) is 3.35.